The number of fused-ring (bicyclic) bond motifs is 3. The van der Waals surface area contributed by atoms with Crippen LogP contribution in [0.4, 0.5) is 11.4 Å². The molecule has 0 saturated carbocycles. The molecule has 0 bridgehead atoms. The largest absolute Gasteiger partial charge is 0.322 e. The van der Waals surface area contributed by atoms with Crippen molar-refractivity contribution in [1.82, 2.24) is 0 Å². The van der Waals surface area contributed by atoms with E-state index in [0.717, 1.165) is 27.4 Å². The first-order valence-electron chi connectivity index (χ1n) is 8.13. The maximum absolute atomic E-state index is 12.6. The van der Waals surface area contributed by atoms with E-state index in [2.05, 4.69) is 9.71 Å². The second-order valence-corrected chi connectivity index (χ2v) is 9.13. The van der Waals surface area contributed by atoms with Gasteiger partial charge in [0.25, 0.3) is 15.9 Å². The number of benzene rings is 2. The molecule has 2 aliphatic rings. The van der Waals surface area contributed by atoms with E-state index in [1.54, 1.807) is 12.1 Å². The van der Waals surface area contributed by atoms with Crippen molar-refractivity contribution >= 4 is 44.2 Å². The molecule has 2 aromatic carbocycles. The number of amides is 1. The average Bonchev–Trinajstić information content (AvgIpc) is 2.93. The first-order valence-corrected chi connectivity index (χ1v) is 10.6. The molecule has 0 unspecified atom stereocenters. The molecule has 1 N–H and O–H groups in total. The van der Waals surface area contributed by atoms with Gasteiger partial charge in [-0.05, 0) is 61.0 Å². The molecule has 0 radical (unpaired) electrons. The zero-order valence-electron chi connectivity index (χ0n) is 14.3. The lowest BCUT2D eigenvalue weighted by Crippen LogP contribution is -2.35. The Balaban J connectivity index is 1.61. The molecule has 2 aliphatic heterocycles. The summed E-state index contributed by atoms with van der Waals surface area (Å²) >= 11 is 1.28. The Hall–Kier alpha value is -2.32. The van der Waals surface area contributed by atoms with Crippen LogP contribution >= 0.6 is 11.8 Å². The van der Waals surface area contributed by atoms with Crippen LogP contribution in [0.3, 0.4) is 0 Å². The van der Waals surface area contributed by atoms with Crippen molar-refractivity contribution in [3.8, 4) is 0 Å². The van der Waals surface area contributed by atoms with Crippen LogP contribution < -0.4 is 10.2 Å². The highest BCUT2D eigenvalue weighted by atomic mass is 32.2. The number of hydrogen-bond acceptors (Lipinski definition) is 5. The fraction of sp³-hybridized carbons (Fsp3) is 0.222. The summed E-state index contributed by atoms with van der Waals surface area (Å²) < 4.78 is 27.2. The van der Waals surface area contributed by atoms with Crippen LogP contribution in [0.2, 0.25) is 0 Å². The summed E-state index contributed by atoms with van der Waals surface area (Å²) in [6.07, 6.45) is 0. The van der Waals surface area contributed by atoms with Crippen molar-refractivity contribution in [2.75, 3.05) is 22.5 Å². The number of thioether (sulfide) groups is 1. The number of anilines is 2. The third kappa shape index (κ3) is 3.10. The van der Waals surface area contributed by atoms with Crippen molar-refractivity contribution < 1.29 is 13.2 Å². The van der Waals surface area contributed by atoms with E-state index in [-0.39, 0.29) is 11.7 Å². The summed E-state index contributed by atoms with van der Waals surface area (Å²) in [4.78, 5) is 15.4. The van der Waals surface area contributed by atoms with Crippen LogP contribution in [-0.2, 0) is 10.0 Å². The standard InChI is InChI=1S/C18H17N3O3S2/c1-11-3-4-12(2)14(9-11)19-17(22)13-5-6-15-16(10-13)25-18-20-26(23,24)8-7-21(15)18/h3-6,9-10H,7-8H2,1-2H3,(H,19,22). The minimum Gasteiger partial charge on any atom is -0.322 e. The third-order valence-corrected chi connectivity index (χ3v) is 6.68. The molecule has 0 aliphatic carbocycles. The maximum Gasteiger partial charge on any atom is 0.257 e. The fourth-order valence-corrected chi connectivity index (χ4v) is 5.23. The maximum atomic E-state index is 12.6. The zero-order chi connectivity index (χ0) is 18.5. The van der Waals surface area contributed by atoms with Gasteiger partial charge in [-0.2, -0.15) is 0 Å². The number of nitrogens with zero attached hydrogens (tertiary/aromatic N) is 2. The Labute approximate surface area is 156 Å². The Morgan fingerprint density at radius 1 is 1.19 bits per heavy atom. The van der Waals surface area contributed by atoms with Gasteiger partial charge in [-0.3, -0.25) is 4.79 Å². The minimum atomic E-state index is -3.38. The van der Waals surface area contributed by atoms with E-state index in [0.29, 0.717) is 17.3 Å². The van der Waals surface area contributed by atoms with Gasteiger partial charge in [0, 0.05) is 22.7 Å². The fourth-order valence-electron chi connectivity index (χ4n) is 2.94. The van der Waals surface area contributed by atoms with Gasteiger partial charge in [-0.25, -0.2) is 8.42 Å². The summed E-state index contributed by atoms with van der Waals surface area (Å²) in [5.74, 6) is -0.188. The van der Waals surface area contributed by atoms with Gasteiger partial charge in [-0.1, -0.05) is 12.1 Å². The molecule has 0 aromatic heterocycles. The Morgan fingerprint density at radius 3 is 2.81 bits per heavy atom. The van der Waals surface area contributed by atoms with Crippen LogP contribution in [0.25, 0.3) is 0 Å². The number of carbonyl (C=O) groups excluding carboxylic acids is 1. The van der Waals surface area contributed by atoms with Crippen molar-refractivity contribution in [2.24, 2.45) is 4.40 Å². The van der Waals surface area contributed by atoms with Crippen molar-refractivity contribution in [1.29, 1.82) is 0 Å². The van der Waals surface area contributed by atoms with Gasteiger partial charge in [0.2, 0.25) is 0 Å². The molecular formula is C18H17N3O3S2. The minimum absolute atomic E-state index is 0.00533. The van der Waals surface area contributed by atoms with Gasteiger partial charge < -0.3 is 10.2 Å². The highest BCUT2D eigenvalue weighted by Crippen LogP contribution is 2.42. The van der Waals surface area contributed by atoms with E-state index in [9.17, 15) is 13.2 Å². The van der Waals surface area contributed by atoms with E-state index in [4.69, 9.17) is 0 Å². The van der Waals surface area contributed by atoms with Crippen LogP contribution in [0.5, 0.6) is 0 Å². The van der Waals surface area contributed by atoms with Crippen LogP contribution in [0, 0.1) is 13.8 Å². The predicted octanol–water partition coefficient (Wildman–Crippen LogP) is 3.17. The number of hydrogen-bond donors (Lipinski definition) is 1. The summed E-state index contributed by atoms with van der Waals surface area (Å²) in [7, 11) is -3.38. The second-order valence-electron chi connectivity index (χ2n) is 6.37. The predicted molar refractivity (Wildman–Crippen MR) is 105 cm³/mol. The van der Waals surface area contributed by atoms with E-state index in [1.807, 2.05) is 43.0 Å². The number of amidine groups is 1. The van der Waals surface area contributed by atoms with Crippen LogP contribution in [0.15, 0.2) is 45.7 Å². The smallest absolute Gasteiger partial charge is 0.257 e. The molecule has 2 heterocycles. The summed E-state index contributed by atoms with van der Waals surface area (Å²) in [6.45, 7) is 4.31. The summed E-state index contributed by atoms with van der Waals surface area (Å²) in [6, 6.07) is 11.3. The van der Waals surface area contributed by atoms with Gasteiger partial charge in [0.05, 0.1) is 11.4 Å². The van der Waals surface area contributed by atoms with E-state index >= 15 is 0 Å². The van der Waals surface area contributed by atoms with Gasteiger partial charge in [0.15, 0.2) is 5.17 Å². The molecule has 4 rings (SSSR count). The molecule has 0 spiro atoms. The Bertz CT molecular complexity index is 1060. The highest BCUT2D eigenvalue weighted by molar-refractivity contribution is 8.15. The molecule has 0 fully saturated rings. The normalized spacial score (nSPS) is 17.3. The monoisotopic (exact) mass is 387 g/mol. The lowest BCUT2D eigenvalue weighted by Gasteiger charge is -2.22. The van der Waals surface area contributed by atoms with Crippen molar-refractivity contribution in [3.05, 3.63) is 53.1 Å². The lowest BCUT2D eigenvalue weighted by atomic mass is 10.1. The molecule has 134 valence electrons. The van der Waals surface area contributed by atoms with Gasteiger partial charge in [-0.15, -0.1) is 4.40 Å². The Morgan fingerprint density at radius 2 is 2.00 bits per heavy atom. The molecule has 6 nitrogen and oxygen atoms in total. The van der Waals surface area contributed by atoms with Crippen molar-refractivity contribution in [3.63, 3.8) is 0 Å². The van der Waals surface area contributed by atoms with Crippen LogP contribution in [0.1, 0.15) is 21.5 Å². The van der Waals surface area contributed by atoms with E-state index in [1.165, 1.54) is 11.8 Å². The first kappa shape index (κ1) is 17.1. The van der Waals surface area contributed by atoms with Gasteiger partial charge >= 0.3 is 0 Å². The molecular weight excluding hydrogens is 370 g/mol. The summed E-state index contributed by atoms with van der Waals surface area (Å²) in [5, 5.41) is 3.40. The number of carbonyl (C=O) groups is 1. The Kier molecular flexibility index (Phi) is 4.04. The molecule has 26 heavy (non-hydrogen) atoms. The first-order chi connectivity index (χ1) is 12.3. The SMILES string of the molecule is Cc1ccc(C)c(NC(=O)c2ccc3c(c2)SC2=NS(=O)(=O)CCN23)c1. The topological polar surface area (TPSA) is 78.8 Å². The van der Waals surface area contributed by atoms with Crippen molar-refractivity contribution in [2.45, 2.75) is 18.7 Å². The highest BCUT2D eigenvalue weighted by Gasteiger charge is 2.33. The third-order valence-electron chi connectivity index (χ3n) is 4.38. The number of nitrogens with one attached hydrogen (secondary N) is 1. The van der Waals surface area contributed by atoms with E-state index < -0.39 is 10.0 Å². The number of aryl methyl sites for hydroxylation is 2. The molecule has 8 heteroatoms. The summed E-state index contributed by atoms with van der Waals surface area (Å²) in [5.41, 5.74) is 4.28. The number of rotatable bonds is 2. The molecule has 0 saturated heterocycles. The molecule has 2 aromatic rings. The lowest BCUT2D eigenvalue weighted by molar-refractivity contribution is 0.102. The second kappa shape index (κ2) is 6.14. The quantitative estimate of drug-likeness (QED) is 0.856. The molecule has 0 atom stereocenters. The average molecular weight is 387 g/mol. The van der Waals surface area contributed by atoms with Crippen LogP contribution in [-0.4, -0.2) is 31.8 Å². The van der Waals surface area contributed by atoms with Gasteiger partial charge in [0.1, 0.15) is 0 Å². The molecule has 1 amide bonds. The zero-order valence-corrected chi connectivity index (χ0v) is 15.9. The number of sulfonamides is 1.